The number of nitrogens with zero attached hydrogens (tertiary/aromatic N) is 1. The highest BCUT2D eigenvalue weighted by molar-refractivity contribution is 5.94. The van der Waals surface area contributed by atoms with E-state index >= 15 is 0 Å². The summed E-state index contributed by atoms with van der Waals surface area (Å²) in [7, 11) is 0. The zero-order valence-corrected chi connectivity index (χ0v) is 15.2. The lowest BCUT2D eigenvalue weighted by atomic mass is 9.73. The second kappa shape index (κ2) is 5.27. The van der Waals surface area contributed by atoms with Crippen LogP contribution in [0, 0.1) is 17.3 Å². The van der Waals surface area contributed by atoms with Crippen molar-refractivity contribution in [3.8, 4) is 0 Å². The SMILES string of the molecule is CC(C)(C)C(=O)C1C2C3COC(O3)C(=O)C2C2c3ccccc3C=CN12. The predicted octanol–water partition coefficient (Wildman–Crippen LogP) is 2.57. The van der Waals surface area contributed by atoms with E-state index in [2.05, 4.69) is 17.0 Å². The Morgan fingerprint density at radius 2 is 2.00 bits per heavy atom. The summed E-state index contributed by atoms with van der Waals surface area (Å²) in [6, 6.07) is 7.64. The van der Waals surface area contributed by atoms with E-state index in [1.54, 1.807) is 0 Å². The van der Waals surface area contributed by atoms with Gasteiger partial charge in [-0.3, -0.25) is 9.59 Å². The Bertz CT molecular complexity index is 824. The molecule has 0 amide bonds. The van der Waals surface area contributed by atoms with Gasteiger partial charge in [-0.05, 0) is 17.2 Å². The number of rotatable bonds is 1. The Hall–Kier alpha value is -1.98. The third kappa shape index (κ3) is 2.04. The Balaban J connectivity index is 1.68. The molecule has 0 spiro atoms. The maximum atomic E-state index is 13.4. The van der Waals surface area contributed by atoms with Crippen LogP contribution in [0.4, 0.5) is 0 Å². The summed E-state index contributed by atoms with van der Waals surface area (Å²) >= 11 is 0. The summed E-state index contributed by atoms with van der Waals surface area (Å²) in [6.07, 6.45) is 3.07. The van der Waals surface area contributed by atoms with E-state index in [4.69, 9.17) is 9.47 Å². The molecule has 4 heterocycles. The topological polar surface area (TPSA) is 55.8 Å². The molecule has 26 heavy (non-hydrogen) atoms. The van der Waals surface area contributed by atoms with Crippen molar-refractivity contribution >= 4 is 17.6 Å². The fourth-order valence-electron chi connectivity index (χ4n) is 5.06. The molecule has 4 aliphatic rings. The van der Waals surface area contributed by atoms with Crippen LogP contribution in [-0.2, 0) is 19.1 Å². The molecule has 5 heteroatoms. The van der Waals surface area contributed by atoms with Gasteiger partial charge in [0, 0.05) is 17.5 Å². The maximum Gasteiger partial charge on any atom is 0.218 e. The van der Waals surface area contributed by atoms with Gasteiger partial charge in [-0.2, -0.15) is 0 Å². The van der Waals surface area contributed by atoms with Crippen LogP contribution in [0.15, 0.2) is 30.5 Å². The first kappa shape index (κ1) is 16.2. The monoisotopic (exact) mass is 353 g/mol. The normalized spacial score (nSPS) is 37.3. The molecule has 0 aromatic heterocycles. The van der Waals surface area contributed by atoms with Crippen molar-refractivity contribution in [2.24, 2.45) is 17.3 Å². The van der Waals surface area contributed by atoms with Crippen LogP contribution in [0.3, 0.4) is 0 Å². The highest BCUT2D eigenvalue weighted by Gasteiger charge is 2.64. The summed E-state index contributed by atoms with van der Waals surface area (Å²) < 4.78 is 11.4. The first-order valence-electron chi connectivity index (χ1n) is 9.27. The van der Waals surface area contributed by atoms with Gasteiger partial charge in [0.1, 0.15) is 0 Å². The van der Waals surface area contributed by atoms with E-state index in [1.165, 1.54) is 0 Å². The molecule has 1 aromatic carbocycles. The third-order valence-electron chi connectivity index (χ3n) is 6.21. The lowest BCUT2D eigenvalue weighted by Crippen LogP contribution is -2.50. The van der Waals surface area contributed by atoms with Gasteiger partial charge in [0.05, 0.1) is 30.7 Å². The van der Waals surface area contributed by atoms with Gasteiger partial charge in [-0.1, -0.05) is 45.0 Å². The predicted molar refractivity (Wildman–Crippen MR) is 94.9 cm³/mol. The number of Topliss-reactive ketones (excluding diaryl/α,β-unsaturated/α-hetero) is 2. The quantitative estimate of drug-likeness (QED) is 0.777. The van der Waals surface area contributed by atoms with Gasteiger partial charge >= 0.3 is 0 Å². The largest absolute Gasteiger partial charge is 0.359 e. The van der Waals surface area contributed by atoms with Crippen molar-refractivity contribution in [1.82, 2.24) is 4.90 Å². The number of fused-ring (bicyclic) bond motifs is 8. The Labute approximate surface area is 153 Å². The van der Waals surface area contributed by atoms with Gasteiger partial charge in [-0.25, -0.2) is 0 Å². The van der Waals surface area contributed by atoms with E-state index < -0.39 is 11.7 Å². The zero-order chi connectivity index (χ0) is 18.2. The van der Waals surface area contributed by atoms with Gasteiger partial charge in [0.25, 0.3) is 0 Å². The van der Waals surface area contributed by atoms with Gasteiger partial charge in [0.15, 0.2) is 11.6 Å². The molecule has 5 rings (SSSR count). The lowest BCUT2D eigenvalue weighted by Gasteiger charge is -2.36. The molecule has 5 nitrogen and oxygen atoms in total. The Morgan fingerprint density at radius 1 is 1.23 bits per heavy atom. The van der Waals surface area contributed by atoms with Crippen molar-refractivity contribution in [2.75, 3.05) is 6.61 Å². The maximum absolute atomic E-state index is 13.4. The molecule has 3 saturated heterocycles. The van der Waals surface area contributed by atoms with Crippen LogP contribution in [0.2, 0.25) is 0 Å². The number of hydrogen-bond acceptors (Lipinski definition) is 5. The van der Waals surface area contributed by atoms with E-state index in [0.717, 1.165) is 11.1 Å². The molecule has 6 unspecified atom stereocenters. The molecule has 0 radical (unpaired) electrons. The molecule has 3 fully saturated rings. The summed E-state index contributed by atoms with van der Waals surface area (Å²) in [5.41, 5.74) is 1.74. The first-order valence-corrected chi connectivity index (χ1v) is 9.27. The van der Waals surface area contributed by atoms with Crippen LogP contribution >= 0.6 is 0 Å². The molecular weight excluding hydrogens is 330 g/mol. The second-order valence-electron chi connectivity index (χ2n) is 8.74. The van der Waals surface area contributed by atoms with Gasteiger partial charge < -0.3 is 14.4 Å². The van der Waals surface area contributed by atoms with Crippen molar-refractivity contribution in [3.05, 3.63) is 41.6 Å². The van der Waals surface area contributed by atoms with E-state index in [-0.39, 0.29) is 41.6 Å². The number of carbonyl (C=O) groups excluding carboxylic acids is 2. The average Bonchev–Trinajstić information content (AvgIpc) is 3.19. The van der Waals surface area contributed by atoms with Crippen LogP contribution < -0.4 is 0 Å². The molecule has 0 N–H and O–H groups in total. The number of ketones is 2. The molecule has 136 valence electrons. The molecule has 0 aliphatic carbocycles. The zero-order valence-electron chi connectivity index (χ0n) is 15.2. The lowest BCUT2D eigenvalue weighted by molar-refractivity contribution is -0.165. The number of hydrogen-bond donors (Lipinski definition) is 0. The smallest absolute Gasteiger partial charge is 0.218 e. The van der Waals surface area contributed by atoms with Crippen LogP contribution in [0.1, 0.15) is 37.9 Å². The fraction of sp³-hybridized carbons (Fsp3) is 0.524. The molecule has 0 saturated carbocycles. The molecule has 4 aliphatic heterocycles. The van der Waals surface area contributed by atoms with Gasteiger partial charge in [0.2, 0.25) is 6.29 Å². The summed E-state index contributed by atoms with van der Waals surface area (Å²) in [4.78, 5) is 28.6. The summed E-state index contributed by atoms with van der Waals surface area (Å²) in [6.45, 7) is 6.22. The van der Waals surface area contributed by atoms with Crippen LogP contribution in [-0.4, -0.2) is 41.5 Å². The minimum absolute atomic E-state index is 0.0203. The molecule has 2 bridgehead atoms. The molecule has 1 aromatic rings. The molecular formula is C21H23NO4. The summed E-state index contributed by atoms with van der Waals surface area (Å²) in [5.74, 6) is -0.314. The highest BCUT2D eigenvalue weighted by atomic mass is 16.7. The fourth-order valence-corrected chi connectivity index (χ4v) is 5.06. The van der Waals surface area contributed by atoms with Crippen LogP contribution in [0.25, 0.3) is 6.08 Å². The number of benzene rings is 1. The van der Waals surface area contributed by atoms with Crippen molar-refractivity contribution < 1.29 is 19.1 Å². The third-order valence-corrected chi connectivity index (χ3v) is 6.21. The van der Waals surface area contributed by atoms with E-state index in [0.29, 0.717) is 6.61 Å². The summed E-state index contributed by atoms with van der Waals surface area (Å²) in [5, 5.41) is 0. The minimum Gasteiger partial charge on any atom is -0.359 e. The first-order chi connectivity index (χ1) is 12.4. The van der Waals surface area contributed by atoms with E-state index in [9.17, 15) is 9.59 Å². The standard InChI is InChI=1S/C21H23NO4/c1-21(2,3)19(24)17-14-13-10-25-20(26-13)18(23)15(14)16-12-7-5-4-6-11(12)8-9-22(16)17/h4-9,13-17,20H,10H2,1-3H3. The number of carbonyl (C=O) groups is 2. The number of ether oxygens (including phenoxy) is 2. The van der Waals surface area contributed by atoms with Crippen molar-refractivity contribution in [1.29, 1.82) is 0 Å². The second-order valence-corrected chi connectivity index (χ2v) is 8.74. The van der Waals surface area contributed by atoms with Crippen LogP contribution in [0.5, 0.6) is 0 Å². The Kier molecular flexibility index (Phi) is 3.29. The average molecular weight is 353 g/mol. The van der Waals surface area contributed by atoms with Crippen molar-refractivity contribution in [3.63, 3.8) is 0 Å². The Morgan fingerprint density at radius 3 is 2.77 bits per heavy atom. The highest BCUT2D eigenvalue weighted by Crippen LogP contribution is 2.55. The van der Waals surface area contributed by atoms with Gasteiger partial charge in [-0.15, -0.1) is 0 Å². The van der Waals surface area contributed by atoms with E-state index in [1.807, 2.05) is 45.2 Å². The molecule has 6 atom stereocenters. The minimum atomic E-state index is -0.773. The van der Waals surface area contributed by atoms with Crippen molar-refractivity contribution in [2.45, 2.75) is 45.2 Å².